The Bertz CT molecular complexity index is 2230. The van der Waals surface area contributed by atoms with Crippen LogP contribution in [0.15, 0.2) is 90.8 Å². The molecular weight excluding hydrogens is 703 g/mol. The van der Waals surface area contributed by atoms with E-state index < -0.39 is 12.0 Å². The number of aliphatic hydroxyl groups is 1. The number of aromatic hydroxyl groups is 2. The maximum absolute atomic E-state index is 14.5. The summed E-state index contributed by atoms with van der Waals surface area (Å²) in [6.07, 6.45) is 12.2. The molecule has 6 N–H and O–H groups in total. The van der Waals surface area contributed by atoms with Crippen molar-refractivity contribution >= 4 is 23.5 Å². The highest BCUT2D eigenvalue weighted by atomic mass is 16.5. The summed E-state index contributed by atoms with van der Waals surface area (Å²) in [5.74, 6) is 0.396. The number of phenolic OH excluding ortho intramolecular Hbond substituents is 2. The molecule has 2 aromatic heterocycles. The number of nitrogens with one attached hydrogen (secondary N) is 3. The molecule has 0 unspecified atom stereocenters. The normalized spacial score (nSPS) is 19.7. The number of carbonyl (C=O) groups excluding carboxylic acids is 2. The van der Waals surface area contributed by atoms with Crippen molar-refractivity contribution in [3.05, 3.63) is 135 Å². The molecule has 0 spiro atoms. The van der Waals surface area contributed by atoms with Crippen molar-refractivity contribution in [2.45, 2.75) is 95.2 Å². The Balaban J connectivity index is 1.11. The van der Waals surface area contributed by atoms with E-state index in [0.29, 0.717) is 50.8 Å². The van der Waals surface area contributed by atoms with Crippen LogP contribution in [0, 0.1) is 5.92 Å². The summed E-state index contributed by atoms with van der Waals surface area (Å²) in [4.78, 5) is 35.0. The number of H-pyrrole nitrogens is 2. The lowest BCUT2D eigenvalue weighted by Crippen LogP contribution is -2.33. The first-order chi connectivity index (χ1) is 27.3. The maximum Gasteiger partial charge on any atom is 0.161 e. The zero-order valence-electron chi connectivity index (χ0n) is 31.7. The summed E-state index contributed by atoms with van der Waals surface area (Å²) in [6.45, 7) is 0.376. The van der Waals surface area contributed by atoms with Gasteiger partial charge >= 0.3 is 0 Å². The van der Waals surface area contributed by atoms with E-state index in [4.69, 9.17) is 4.74 Å². The number of fused-ring (bicyclic) bond motifs is 7. The second-order valence-corrected chi connectivity index (χ2v) is 16.0. The van der Waals surface area contributed by atoms with Gasteiger partial charge in [0.15, 0.2) is 11.5 Å². The molecule has 56 heavy (non-hydrogen) atoms. The highest BCUT2D eigenvalue weighted by molar-refractivity contribution is 6.02. The molecule has 290 valence electrons. The third-order valence-electron chi connectivity index (χ3n) is 11.9. The summed E-state index contributed by atoms with van der Waals surface area (Å²) < 4.78 is 6.37. The van der Waals surface area contributed by atoms with E-state index in [0.717, 1.165) is 81.7 Å². The van der Waals surface area contributed by atoms with E-state index >= 15 is 0 Å². The zero-order chi connectivity index (χ0) is 38.6. The van der Waals surface area contributed by atoms with E-state index in [-0.39, 0.29) is 47.9 Å². The number of aromatic amines is 2. The van der Waals surface area contributed by atoms with Crippen LogP contribution in [0.3, 0.4) is 0 Å². The molecule has 0 saturated heterocycles. The first-order valence-corrected chi connectivity index (χ1v) is 20.1. The van der Waals surface area contributed by atoms with Crippen molar-refractivity contribution < 1.29 is 29.6 Å². The molecule has 3 heterocycles. The Morgan fingerprint density at radius 1 is 0.804 bits per heavy atom. The van der Waals surface area contributed by atoms with Crippen LogP contribution < -0.4 is 10.1 Å². The third-order valence-corrected chi connectivity index (χ3v) is 11.9. The number of ketones is 2. The van der Waals surface area contributed by atoms with Gasteiger partial charge < -0.3 is 35.3 Å². The quantitative estimate of drug-likeness (QED) is 0.0917. The minimum absolute atomic E-state index is 0.0571. The SMILES string of the molecule is O=C1CCc2cc(c(O)c(OC3CCCC3)c2)Cc2cccc(c2)Cc2cc[nH]c2NCC2=Cc3[nH]ccc3[C@H](C[C@H](O)CCc3cccc(O)c3)[C@@H]2C(=O)C1. The summed E-state index contributed by atoms with van der Waals surface area (Å²) in [5, 5.41) is 36.5. The van der Waals surface area contributed by atoms with Crippen molar-refractivity contribution in [1.29, 1.82) is 0 Å². The van der Waals surface area contributed by atoms with Crippen LogP contribution in [-0.4, -0.2) is 55.6 Å². The Kier molecular flexibility index (Phi) is 11.1. The van der Waals surface area contributed by atoms with Gasteiger partial charge in [0, 0.05) is 61.3 Å². The first kappa shape index (κ1) is 37.4. The van der Waals surface area contributed by atoms with E-state index in [2.05, 4.69) is 45.6 Å². The smallest absolute Gasteiger partial charge is 0.161 e. The monoisotopic (exact) mass is 753 g/mol. The van der Waals surface area contributed by atoms with Crippen LogP contribution in [-0.2, 0) is 35.3 Å². The first-order valence-electron chi connectivity index (χ1n) is 20.1. The molecule has 9 nitrogen and oxygen atoms in total. The molecule has 4 bridgehead atoms. The Morgan fingerprint density at radius 3 is 2.41 bits per heavy atom. The minimum atomic E-state index is -0.715. The molecule has 1 fully saturated rings. The van der Waals surface area contributed by atoms with Crippen LogP contribution in [0.4, 0.5) is 5.82 Å². The van der Waals surface area contributed by atoms with Gasteiger partial charge in [-0.15, -0.1) is 0 Å². The van der Waals surface area contributed by atoms with Crippen molar-refractivity contribution in [2.24, 2.45) is 5.92 Å². The van der Waals surface area contributed by atoms with Gasteiger partial charge in [0.25, 0.3) is 0 Å². The van der Waals surface area contributed by atoms with Gasteiger partial charge in [0.05, 0.1) is 18.6 Å². The highest BCUT2D eigenvalue weighted by Crippen LogP contribution is 2.43. The third kappa shape index (κ3) is 8.63. The fourth-order valence-electron chi connectivity index (χ4n) is 9.02. The number of Topliss-reactive ketones (excluding diaryl/α,β-unsaturated/α-hetero) is 2. The molecule has 8 rings (SSSR count). The number of hydrogen-bond acceptors (Lipinski definition) is 7. The molecule has 3 atom stereocenters. The lowest BCUT2D eigenvalue weighted by atomic mass is 9.71. The molecule has 2 aliphatic carbocycles. The molecule has 0 amide bonds. The number of rotatable bonds is 7. The predicted octanol–water partition coefficient (Wildman–Crippen LogP) is 8.32. The number of anilines is 1. The number of aliphatic hydroxyl groups excluding tert-OH is 1. The Morgan fingerprint density at radius 2 is 1.59 bits per heavy atom. The largest absolute Gasteiger partial charge is 0.508 e. The molecule has 1 saturated carbocycles. The van der Waals surface area contributed by atoms with Crippen LogP contribution in [0.25, 0.3) is 6.08 Å². The van der Waals surface area contributed by atoms with Crippen LogP contribution in [0.2, 0.25) is 0 Å². The average Bonchev–Trinajstić information content (AvgIpc) is 3.97. The van der Waals surface area contributed by atoms with Crippen molar-refractivity contribution in [2.75, 3.05) is 11.9 Å². The Labute approximate surface area is 327 Å². The molecule has 5 aromatic rings. The van der Waals surface area contributed by atoms with Crippen molar-refractivity contribution in [3.8, 4) is 17.2 Å². The van der Waals surface area contributed by atoms with Gasteiger partial charge in [-0.05, 0) is 127 Å². The van der Waals surface area contributed by atoms with Crippen LogP contribution in [0.5, 0.6) is 17.2 Å². The molecule has 1 aliphatic heterocycles. The lowest BCUT2D eigenvalue weighted by Gasteiger charge is -2.34. The number of hydrogen-bond donors (Lipinski definition) is 6. The highest BCUT2D eigenvalue weighted by Gasteiger charge is 2.38. The van der Waals surface area contributed by atoms with Gasteiger partial charge in [0.1, 0.15) is 23.1 Å². The van der Waals surface area contributed by atoms with Gasteiger partial charge in [-0.3, -0.25) is 9.59 Å². The fraction of sp³-hybridized carbons (Fsp3) is 0.362. The van der Waals surface area contributed by atoms with Crippen LogP contribution in [0.1, 0.15) is 102 Å². The van der Waals surface area contributed by atoms with Gasteiger partial charge in [-0.25, -0.2) is 0 Å². The van der Waals surface area contributed by atoms with Crippen molar-refractivity contribution in [3.63, 3.8) is 0 Å². The van der Waals surface area contributed by atoms with E-state index in [1.807, 2.05) is 42.7 Å². The van der Waals surface area contributed by atoms with E-state index in [9.17, 15) is 24.9 Å². The van der Waals surface area contributed by atoms with Gasteiger partial charge in [-0.2, -0.15) is 0 Å². The minimum Gasteiger partial charge on any atom is -0.508 e. The molecule has 3 aromatic carbocycles. The summed E-state index contributed by atoms with van der Waals surface area (Å²) >= 11 is 0. The topological polar surface area (TPSA) is 148 Å². The number of ether oxygens (including phenoxy) is 1. The molecular formula is C47H51N3O6. The molecule has 3 aliphatic rings. The average molecular weight is 754 g/mol. The summed E-state index contributed by atoms with van der Waals surface area (Å²) in [7, 11) is 0. The van der Waals surface area contributed by atoms with Gasteiger partial charge in [0.2, 0.25) is 0 Å². The predicted molar refractivity (Wildman–Crippen MR) is 217 cm³/mol. The van der Waals surface area contributed by atoms with Crippen LogP contribution >= 0.6 is 0 Å². The van der Waals surface area contributed by atoms with E-state index in [1.54, 1.807) is 18.2 Å². The van der Waals surface area contributed by atoms with Gasteiger partial charge in [-0.1, -0.05) is 42.5 Å². The summed E-state index contributed by atoms with van der Waals surface area (Å²) in [5.41, 5.74) is 8.58. The number of phenols is 2. The number of aromatic nitrogens is 2. The second-order valence-electron chi connectivity index (χ2n) is 16.0. The van der Waals surface area contributed by atoms with Crippen molar-refractivity contribution in [1.82, 2.24) is 9.97 Å². The Hall–Kier alpha value is -5.54. The summed E-state index contributed by atoms with van der Waals surface area (Å²) in [6, 6.07) is 23.4. The number of aryl methyl sites for hydroxylation is 2. The lowest BCUT2D eigenvalue weighted by molar-refractivity contribution is -0.129. The maximum atomic E-state index is 14.5. The number of carbonyl (C=O) groups is 2. The zero-order valence-corrected chi connectivity index (χ0v) is 31.7. The fourth-order valence-corrected chi connectivity index (χ4v) is 9.02. The molecule has 9 heteroatoms. The second kappa shape index (κ2) is 16.7. The number of benzene rings is 3. The standard InChI is InChI=1S/C47H51N3O6/c51-36-8-4-5-29(23-36)11-13-37(52)26-41-40-16-18-48-42(40)25-35-28-50-47-33(15-17-49-47)20-30-6-3-7-31(19-30)21-34-22-32(12-14-38(53)27-43(54)45(35)41)24-44(46(34)55)56-39-9-1-2-10-39/h3-8,15-19,22-25,37,39,41,45,48-52,55H,1-2,9-14,20-21,26-28H2/t37-,41+,45-/m1/s1. The van der Waals surface area contributed by atoms with E-state index in [1.165, 1.54) is 0 Å². The molecule has 0 radical (unpaired) electrons.